The largest absolute Gasteiger partial charge is 0.389 e. The molecule has 0 bridgehead atoms. The Balaban J connectivity index is 1.95. The number of aromatic nitrogens is 2. The van der Waals surface area contributed by atoms with Gasteiger partial charge in [-0.2, -0.15) is 0 Å². The normalized spacial score (nSPS) is 26.1. The van der Waals surface area contributed by atoms with Gasteiger partial charge in [-0.1, -0.05) is 0 Å². The van der Waals surface area contributed by atoms with Gasteiger partial charge in [-0.25, -0.2) is 9.97 Å². The molecule has 2 fully saturated rings. The summed E-state index contributed by atoms with van der Waals surface area (Å²) in [6.07, 6.45) is 0.909. The van der Waals surface area contributed by atoms with E-state index in [-0.39, 0.29) is 0 Å². The van der Waals surface area contributed by atoms with Gasteiger partial charge in [0, 0.05) is 31.1 Å². The lowest BCUT2D eigenvalue weighted by Crippen LogP contribution is -2.24. The summed E-state index contributed by atoms with van der Waals surface area (Å²) in [6.45, 7) is 5.69. The zero-order chi connectivity index (χ0) is 14.3. The van der Waals surface area contributed by atoms with Crippen molar-refractivity contribution in [1.29, 1.82) is 0 Å². The van der Waals surface area contributed by atoms with Crippen LogP contribution in [0.2, 0.25) is 0 Å². The van der Waals surface area contributed by atoms with Crippen molar-refractivity contribution in [2.45, 2.75) is 44.8 Å². The van der Waals surface area contributed by atoms with E-state index in [1.807, 2.05) is 18.7 Å². The predicted octanol–water partition coefficient (Wildman–Crippen LogP) is 0.636. The van der Waals surface area contributed by atoms with Crippen molar-refractivity contribution in [1.82, 2.24) is 9.97 Å². The molecule has 6 nitrogen and oxygen atoms in total. The van der Waals surface area contributed by atoms with Gasteiger partial charge < -0.3 is 20.4 Å². The quantitative estimate of drug-likeness (QED) is 0.750. The molecule has 6 heteroatoms. The SMILES string of the molecule is CCNc1nc(C2CC2)nc(N2CC(O)C(O)C2)c1C. The van der Waals surface area contributed by atoms with E-state index in [0.29, 0.717) is 19.0 Å². The van der Waals surface area contributed by atoms with Crippen molar-refractivity contribution < 1.29 is 10.2 Å². The van der Waals surface area contributed by atoms with Gasteiger partial charge in [0.25, 0.3) is 0 Å². The summed E-state index contributed by atoms with van der Waals surface area (Å²) in [4.78, 5) is 11.3. The Hall–Kier alpha value is -1.40. The number of hydrogen-bond donors (Lipinski definition) is 3. The van der Waals surface area contributed by atoms with E-state index in [9.17, 15) is 10.2 Å². The minimum atomic E-state index is -0.698. The standard InChI is InChI=1S/C14H22N4O2/c1-3-15-12-8(2)14(17-13(16-12)9-4-5-9)18-6-10(19)11(20)7-18/h9-11,19-20H,3-7H2,1-2H3,(H,15,16,17). The molecule has 2 aliphatic rings. The van der Waals surface area contributed by atoms with Crippen molar-refractivity contribution >= 4 is 11.6 Å². The fourth-order valence-corrected chi connectivity index (χ4v) is 2.64. The van der Waals surface area contributed by atoms with Crippen molar-refractivity contribution in [2.75, 3.05) is 29.9 Å². The number of anilines is 2. The fraction of sp³-hybridized carbons (Fsp3) is 0.714. The lowest BCUT2D eigenvalue weighted by Gasteiger charge is -2.21. The summed E-state index contributed by atoms with van der Waals surface area (Å²) in [5.74, 6) is 3.07. The Morgan fingerprint density at radius 3 is 2.40 bits per heavy atom. The second kappa shape index (κ2) is 5.18. The first-order valence-electron chi connectivity index (χ1n) is 7.33. The lowest BCUT2D eigenvalue weighted by atomic mass is 10.2. The molecule has 20 heavy (non-hydrogen) atoms. The van der Waals surface area contributed by atoms with Gasteiger partial charge in [-0.3, -0.25) is 0 Å². The molecule has 2 heterocycles. The Bertz CT molecular complexity index is 494. The van der Waals surface area contributed by atoms with E-state index < -0.39 is 12.2 Å². The van der Waals surface area contributed by atoms with Crippen molar-refractivity contribution in [3.05, 3.63) is 11.4 Å². The molecule has 0 radical (unpaired) electrons. The van der Waals surface area contributed by atoms with Gasteiger partial charge in [-0.15, -0.1) is 0 Å². The van der Waals surface area contributed by atoms with Gasteiger partial charge >= 0.3 is 0 Å². The summed E-state index contributed by atoms with van der Waals surface area (Å²) in [5.41, 5.74) is 0.984. The van der Waals surface area contributed by atoms with Crippen LogP contribution in [0.15, 0.2) is 0 Å². The smallest absolute Gasteiger partial charge is 0.137 e. The van der Waals surface area contributed by atoms with Crippen molar-refractivity contribution in [3.8, 4) is 0 Å². The van der Waals surface area contributed by atoms with Gasteiger partial charge in [0.05, 0.1) is 12.2 Å². The fourth-order valence-electron chi connectivity index (χ4n) is 2.64. The minimum Gasteiger partial charge on any atom is -0.389 e. The van der Waals surface area contributed by atoms with Crippen LogP contribution in [-0.4, -0.2) is 52.0 Å². The molecule has 1 aliphatic heterocycles. The Morgan fingerprint density at radius 2 is 1.85 bits per heavy atom. The average molecular weight is 278 g/mol. The third-order valence-corrected chi connectivity index (χ3v) is 3.98. The summed E-state index contributed by atoms with van der Waals surface area (Å²) < 4.78 is 0. The summed E-state index contributed by atoms with van der Waals surface area (Å²) in [6, 6.07) is 0. The second-order valence-electron chi connectivity index (χ2n) is 5.72. The summed E-state index contributed by atoms with van der Waals surface area (Å²) >= 11 is 0. The molecule has 1 saturated carbocycles. The summed E-state index contributed by atoms with van der Waals surface area (Å²) in [5, 5.41) is 22.7. The second-order valence-corrected chi connectivity index (χ2v) is 5.72. The molecule has 0 aromatic carbocycles. The molecular formula is C14H22N4O2. The molecule has 110 valence electrons. The maximum absolute atomic E-state index is 9.73. The number of hydrogen-bond acceptors (Lipinski definition) is 6. The summed E-state index contributed by atoms with van der Waals surface area (Å²) in [7, 11) is 0. The first-order chi connectivity index (χ1) is 9.60. The number of nitrogens with zero attached hydrogens (tertiary/aromatic N) is 3. The molecule has 1 saturated heterocycles. The number of aliphatic hydroxyl groups is 2. The maximum atomic E-state index is 9.73. The molecule has 3 N–H and O–H groups in total. The highest BCUT2D eigenvalue weighted by Crippen LogP contribution is 2.40. The Kier molecular flexibility index (Phi) is 3.52. The molecule has 2 atom stereocenters. The molecule has 1 aromatic rings. The van der Waals surface area contributed by atoms with Crippen molar-refractivity contribution in [2.24, 2.45) is 0 Å². The zero-order valence-electron chi connectivity index (χ0n) is 12.0. The average Bonchev–Trinajstić information content (AvgIpc) is 3.20. The first kappa shape index (κ1) is 13.6. The highest BCUT2D eigenvalue weighted by atomic mass is 16.3. The van der Waals surface area contributed by atoms with E-state index in [1.165, 1.54) is 0 Å². The lowest BCUT2D eigenvalue weighted by molar-refractivity contribution is 0.0572. The number of rotatable bonds is 4. The Labute approximate surface area is 118 Å². The molecule has 3 rings (SSSR count). The van der Waals surface area contributed by atoms with Crippen LogP contribution in [0.25, 0.3) is 0 Å². The van der Waals surface area contributed by atoms with E-state index in [0.717, 1.165) is 42.4 Å². The van der Waals surface area contributed by atoms with Crippen LogP contribution < -0.4 is 10.2 Å². The maximum Gasteiger partial charge on any atom is 0.137 e. The van der Waals surface area contributed by atoms with Gasteiger partial charge in [0.1, 0.15) is 17.5 Å². The molecule has 2 unspecified atom stereocenters. The predicted molar refractivity (Wildman–Crippen MR) is 77.1 cm³/mol. The number of nitrogens with one attached hydrogen (secondary N) is 1. The van der Waals surface area contributed by atoms with Gasteiger partial charge in [0.2, 0.25) is 0 Å². The molecule has 0 spiro atoms. The monoisotopic (exact) mass is 278 g/mol. The zero-order valence-corrected chi connectivity index (χ0v) is 12.0. The van der Waals surface area contributed by atoms with Crippen LogP contribution in [-0.2, 0) is 0 Å². The Morgan fingerprint density at radius 1 is 1.20 bits per heavy atom. The number of β-amino-alcohol motifs (C(OH)–C–C–N with tert-alkyl or cyclic N) is 2. The third-order valence-electron chi connectivity index (χ3n) is 3.98. The molecule has 1 aromatic heterocycles. The third kappa shape index (κ3) is 2.45. The van der Waals surface area contributed by atoms with Gasteiger partial charge in [-0.05, 0) is 26.7 Å². The van der Waals surface area contributed by atoms with Crippen LogP contribution in [0.1, 0.15) is 37.1 Å². The van der Waals surface area contributed by atoms with Crippen LogP contribution in [0.5, 0.6) is 0 Å². The molecular weight excluding hydrogens is 256 g/mol. The van der Waals surface area contributed by atoms with Crippen LogP contribution in [0.4, 0.5) is 11.6 Å². The highest BCUT2D eigenvalue weighted by molar-refractivity contribution is 5.59. The van der Waals surface area contributed by atoms with Crippen molar-refractivity contribution in [3.63, 3.8) is 0 Å². The van der Waals surface area contributed by atoms with E-state index in [2.05, 4.69) is 15.3 Å². The van der Waals surface area contributed by atoms with E-state index in [4.69, 9.17) is 0 Å². The molecule has 0 amide bonds. The minimum absolute atomic E-state index is 0.425. The first-order valence-corrected chi connectivity index (χ1v) is 7.33. The van der Waals surface area contributed by atoms with Crippen LogP contribution >= 0.6 is 0 Å². The van der Waals surface area contributed by atoms with E-state index >= 15 is 0 Å². The van der Waals surface area contributed by atoms with Gasteiger partial charge in [0.15, 0.2) is 0 Å². The molecule has 1 aliphatic carbocycles. The van der Waals surface area contributed by atoms with Crippen LogP contribution in [0.3, 0.4) is 0 Å². The van der Waals surface area contributed by atoms with E-state index in [1.54, 1.807) is 0 Å². The van der Waals surface area contributed by atoms with Crippen LogP contribution in [0, 0.1) is 6.92 Å². The topological polar surface area (TPSA) is 81.5 Å². The highest BCUT2D eigenvalue weighted by Gasteiger charge is 2.34. The number of aliphatic hydroxyl groups excluding tert-OH is 2.